The molecule has 1 amide bonds. The van der Waals surface area contributed by atoms with Crippen molar-refractivity contribution in [2.45, 2.75) is 19.4 Å². The van der Waals surface area contributed by atoms with Gasteiger partial charge in [-0.15, -0.1) is 0 Å². The second kappa shape index (κ2) is 9.28. The summed E-state index contributed by atoms with van der Waals surface area (Å²) in [5, 5.41) is 7.72. The van der Waals surface area contributed by atoms with Gasteiger partial charge in [0.1, 0.15) is 5.75 Å². The van der Waals surface area contributed by atoms with E-state index >= 15 is 0 Å². The summed E-state index contributed by atoms with van der Waals surface area (Å²) in [4.78, 5) is 19.4. The number of anilines is 1. The molecule has 4 rings (SSSR count). The fourth-order valence-corrected chi connectivity index (χ4v) is 3.71. The van der Waals surface area contributed by atoms with Crippen molar-refractivity contribution in [1.82, 2.24) is 15.0 Å². The van der Waals surface area contributed by atoms with Crippen LogP contribution in [0.25, 0.3) is 11.4 Å². The Balaban J connectivity index is 1.36. The highest BCUT2D eigenvalue weighted by Gasteiger charge is 2.27. The van der Waals surface area contributed by atoms with E-state index in [1.165, 1.54) is 0 Å². The molecule has 8 heteroatoms. The van der Waals surface area contributed by atoms with Gasteiger partial charge in [0.15, 0.2) is 0 Å². The van der Waals surface area contributed by atoms with Crippen LogP contribution in [0.5, 0.6) is 5.75 Å². The first-order valence-corrected chi connectivity index (χ1v) is 10.2. The van der Waals surface area contributed by atoms with Crippen LogP contribution in [0.15, 0.2) is 53.1 Å². The monoisotopic (exact) mass is 426 g/mol. The van der Waals surface area contributed by atoms with E-state index in [2.05, 4.69) is 20.4 Å². The number of likely N-dealkylation sites (tertiary alicyclic amines) is 1. The zero-order chi connectivity index (χ0) is 20.9. The lowest BCUT2D eigenvalue weighted by Gasteiger charge is -2.30. The number of amides is 1. The third-order valence-corrected chi connectivity index (χ3v) is 5.39. The van der Waals surface area contributed by atoms with Crippen molar-refractivity contribution >= 4 is 23.2 Å². The lowest BCUT2D eigenvalue weighted by molar-refractivity contribution is -0.121. The molecule has 1 aromatic heterocycles. The van der Waals surface area contributed by atoms with Crippen molar-refractivity contribution in [3.63, 3.8) is 0 Å². The van der Waals surface area contributed by atoms with E-state index in [1.54, 1.807) is 19.2 Å². The van der Waals surface area contributed by atoms with Gasteiger partial charge in [0.25, 0.3) is 0 Å². The molecule has 1 N–H and O–H groups in total. The Bertz CT molecular complexity index is 1010. The maximum Gasteiger partial charge on any atom is 0.241 e. The lowest BCUT2D eigenvalue weighted by Crippen LogP contribution is -2.40. The van der Waals surface area contributed by atoms with Crippen molar-refractivity contribution in [3.05, 3.63) is 59.4 Å². The highest BCUT2D eigenvalue weighted by Crippen LogP contribution is 2.23. The van der Waals surface area contributed by atoms with Gasteiger partial charge in [-0.05, 0) is 55.8 Å². The first-order valence-electron chi connectivity index (χ1n) is 9.86. The standard InChI is InChI=1S/C22H23ClN4O3/c1-29-19-6-2-5-18(12-19)24-22(28)16-4-3-11-27(13-16)14-20-25-21(26-30-20)15-7-9-17(23)10-8-15/h2,5-10,12,16H,3-4,11,13-14H2,1H3,(H,24,28). The molecule has 1 aliphatic rings. The molecule has 1 atom stereocenters. The Morgan fingerprint density at radius 1 is 1.30 bits per heavy atom. The van der Waals surface area contributed by atoms with Crippen LogP contribution in [0.4, 0.5) is 5.69 Å². The molecule has 7 nitrogen and oxygen atoms in total. The van der Waals surface area contributed by atoms with Crippen LogP contribution in [0.3, 0.4) is 0 Å². The topological polar surface area (TPSA) is 80.5 Å². The van der Waals surface area contributed by atoms with Gasteiger partial charge in [-0.3, -0.25) is 9.69 Å². The molecular formula is C22H23ClN4O3. The lowest BCUT2D eigenvalue weighted by atomic mass is 9.97. The third kappa shape index (κ3) is 4.98. The SMILES string of the molecule is COc1cccc(NC(=O)C2CCCN(Cc3nc(-c4ccc(Cl)cc4)no3)C2)c1. The number of halogens is 1. The Hall–Kier alpha value is -2.90. The van der Waals surface area contributed by atoms with Crippen LogP contribution < -0.4 is 10.1 Å². The van der Waals surface area contributed by atoms with E-state index in [9.17, 15) is 4.79 Å². The van der Waals surface area contributed by atoms with Gasteiger partial charge >= 0.3 is 0 Å². The van der Waals surface area contributed by atoms with Gasteiger partial charge in [-0.2, -0.15) is 4.98 Å². The van der Waals surface area contributed by atoms with Crippen LogP contribution in [0, 0.1) is 5.92 Å². The Morgan fingerprint density at radius 2 is 2.13 bits per heavy atom. The Morgan fingerprint density at radius 3 is 2.93 bits per heavy atom. The summed E-state index contributed by atoms with van der Waals surface area (Å²) in [7, 11) is 1.61. The van der Waals surface area contributed by atoms with Gasteiger partial charge in [0.05, 0.1) is 19.6 Å². The molecule has 0 spiro atoms. The molecule has 2 heterocycles. The number of carbonyl (C=O) groups excluding carboxylic acids is 1. The summed E-state index contributed by atoms with van der Waals surface area (Å²) < 4.78 is 10.6. The van der Waals surface area contributed by atoms with Crippen LogP contribution in [0.2, 0.25) is 5.02 Å². The van der Waals surface area contributed by atoms with Crippen molar-refractivity contribution in [3.8, 4) is 17.1 Å². The maximum absolute atomic E-state index is 12.7. The van der Waals surface area contributed by atoms with Crippen LogP contribution in [-0.2, 0) is 11.3 Å². The highest BCUT2D eigenvalue weighted by molar-refractivity contribution is 6.30. The van der Waals surface area contributed by atoms with E-state index < -0.39 is 0 Å². The molecule has 1 fully saturated rings. The first kappa shape index (κ1) is 20.4. The maximum atomic E-state index is 12.7. The number of nitrogens with one attached hydrogen (secondary N) is 1. The summed E-state index contributed by atoms with van der Waals surface area (Å²) in [6, 6.07) is 14.7. The van der Waals surface area contributed by atoms with Crippen LogP contribution in [0.1, 0.15) is 18.7 Å². The minimum atomic E-state index is -0.0939. The molecule has 1 unspecified atom stereocenters. The van der Waals surface area contributed by atoms with Crippen LogP contribution in [-0.4, -0.2) is 41.1 Å². The second-order valence-electron chi connectivity index (χ2n) is 7.31. The molecule has 0 aliphatic carbocycles. The number of ether oxygens (including phenoxy) is 1. The van der Waals surface area contributed by atoms with E-state index in [1.807, 2.05) is 36.4 Å². The summed E-state index contributed by atoms with van der Waals surface area (Å²) in [6.07, 6.45) is 1.79. The largest absolute Gasteiger partial charge is 0.497 e. The number of aromatic nitrogens is 2. The average Bonchev–Trinajstić information content (AvgIpc) is 3.23. The number of hydrogen-bond acceptors (Lipinski definition) is 6. The summed E-state index contributed by atoms with van der Waals surface area (Å²) in [6.45, 7) is 2.06. The van der Waals surface area contributed by atoms with E-state index in [0.29, 0.717) is 35.6 Å². The van der Waals surface area contributed by atoms with E-state index in [4.69, 9.17) is 20.9 Å². The minimum absolute atomic E-state index is 0.0142. The third-order valence-electron chi connectivity index (χ3n) is 5.14. The van der Waals surface area contributed by atoms with Crippen LogP contribution >= 0.6 is 11.6 Å². The molecule has 156 valence electrons. The van der Waals surface area contributed by atoms with Gasteiger partial charge in [0, 0.05) is 28.9 Å². The molecule has 0 bridgehead atoms. The molecule has 1 saturated heterocycles. The van der Waals surface area contributed by atoms with Gasteiger partial charge < -0.3 is 14.6 Å². The quantitative estimate of drug-likeness (QED) is 0.634. The van der Waals surface area contributed by atoms with E-state index in [0.717, 1.165) is 30.6 Å². The average molecular weight is 427 g/mol. The highest BCUT2D eigenvalue weighted by atomic mass is 35.5. The molecular weight excluding hydrogens is 404 g/mol. The van der Waals surface area contributed by atoms with Crippen molar-refractivity contribution < 1.29 is 14.1 Å². The number of methoxy groups -OCH3 is 1. The van der Waals surface area contributed by atoms with Gasteiger partial charge in [-0.1, -0.05) is 22.8 Å². The zero-order valence-electron chi connectivity index (χ0n) is 16.7. The summed E-state index contributed by atoms with van der Waals surface area (Å²) >= 11 is 5.93. The summed E-state index contributed by atoms with van der Waals surface area (Å²) in [5.74, 6) is 1.70. The minimum Gasteiger partial charge on any atom is -0.497 e. The normalized spacial score (nSPS) is 16.9. The van der Waals surface area contributed by atoms with Crippen molar-refractivity contribution in [2.24, 2.45) is 5.92 Å². The molecule has 0 saturated carbocycles. The number of benzene rings is 2. The second-order valence-corrected chi connectivity index (χ2v) is 7.75. The Kier molecular flexibility index (Phi) is 6.30. The summed E-state index contributed by atoms with van der Waals surface area (Å²) in [5.41, 5.74) is 1.59. The van der Waals surface area contributed by atoms with Crippen molar-refractivity contribution in [1.29, 1.82) is 0 Å². The molecule has 3 aromatic rings. The fourth-order valence-electron chi connectivity index (χ4n) is 3.58. The first-order chi connectivity index (χ1) is 14.6. The predicted octanol–water partition coefficient (Wildman–Crippen LogP) is 4.25. The Labute approximate surface area is 180 Å². The number of nitrogens with zero attached hydrogens (tertiary/aromatic N) is 3. The molecule has 2 aromatic carbocycles. The fraction of sp³-hybridized carbons (Fsp3) is 0.318. The smallest absolute Gasteiger partial charge is 0.241 e. The number of carbonyl (C=O) groups is 1. The van der Waals surface area contributed by atoms with E-state index in [-0.39, 0.29) is 11.8 Å². The molecule has 30 heavy (non-hydrogen) atoms. The van der Waals surface area contributed by atoms with Gasteiger partial charge in [-0.25, -0.2) is 0 Å². The number of piperidine rings is 1. The number of hydrogen-bond donors (Lipinski definition) is 1. The zero-order valence-corrected chi connectivity index (χ0v) is 17.4. The van der Waals surface area contributed by atoms with Crippen molar-refractivity contribution in [2.75, 3.05) is 25.5 Å². The predicted molar refractivity (Wildman–Crippen MR) is 114 cm³/mol. The molecule has 1 aliphatic heterocycles. The van der Waals surface area contributed by atoms with Gasteiger partial charge in [0.2, 0.25) is 17.6 Å². The number of rotatable bonds is 6. The molecule has 0 radical (unpaired) electrons.